The molecule has 1 aliphatic heterocycles. The third-order valence-electron chi connectivity index (χ3n) is 7.11. The fourth-order valence-electron chi connectivity index (χ4n) is 5.06. The van der Waals surface area contributed by atoms with E-state index in [2.05, 4.69) is 0 Å². The molecule has 5 rings (SSSR count). The van der Waals surface area contributed by atoms with Gasteiger partial charge in [0.05, 0.1) is 0 Å². The SMILES string of the molecule is O=C(CCc1ccccc1)c1c(O)cc(O)c2c1O[C@@H](c1ccc(O)cc1)[C@H](C/C=C/c1ccc(O)cc1)C2. The second-order valence-corrected chi connectivity index (χ2v) is 9.83. The first-order chi connectivity index (χ1) is 18.9. The number of allylic oxidation sites excluding steroid dienone is 1. The van der Waals surface area contributed by atoms with Crippen molar-refractivity contribution in [3.63, 3.8) is 0 Å². The van der Waals surface area contributed by atoms with E-state index in [1.165, 1.54) is 6.07 Å². The zero-order chi connectivity index (χ0) is 27.4. The maximum atomic E-state index is 13.4. The van der Waals surface area contributed by atoms with Crippen molar-refractivity contribution in [3.8, 4) is 28.7 Å². The lowest BCUT2D eigenvalue weighted by Crippen LogP contribution is -2.27. The summed E-state index contributed by atoms with van der Waals surface area (Å²) in [5, 5.41) is 40.9. The summed E-state index contributed by atoms with van der Waals surface area (Å²) in [5.41, 5.74) is 3.34. The number of ketones is 1. The predicted molar refractivity (Wildman–Crippen MR) is 149 cm³/mol. The first kappa shape index (κ1) is 25.9. The molecule has 0 spiro atoms. The molecule has 0 saturated carbocycles. The molecular formula is C33H30O6. The van der Waals surface area contributed by atoms with Crippen LogP contribution in [0.5, 0.6) is 28.7 Å². The number of phenols is 4. The van der Waals surface area contributed by atoms with Gasteiger partial charge in [0.1, 0.15) is 40.4 Å². The molecule has 0 unspecified atom stereocenters. The molecule has 0 aromatic heterocycles. The Morgan fingerprint density at radius 2 is 1.51 bits per heavy atom. The largest absolute Gasteiger partial charge is 0.508 e. The first-order valence-corrected chi connectivity index (χ1v) is 12.9. The highest BCUT2D eigenvalue weighted by molar-refractivity contribution is 6.02. The Hall–Kier alpha value is -4.71. The maximum Gasteiger partial charge on any atom is 0.170 e. The minimum atomic E-state index is -0.482. The van der Waals surface area contributed by atoms with Crippen LogP contribution in [0.2, 0.25) is 0 Å². The van der Waals surface area contributed by atoms with Crippen LogP contribution in [0.15, 0.2) is 91.0 Å². The Balaban J connectivity index is 1.46. The standard InChI is InChI=1S/C33H30O6/c34-25-14-9-22(10-15-25)7-4-8-24-19-27-29(37)20-30(38)31(28(36)18-11-21-5-2-1-3-6-21)33(27)39-32(24)23-12-16-26(35)17-13-23/h1-7,9-10,12-17,20,24,32,34-35,37-38H,8,11,18-19H2/b7-4+/t24-,32+/m1/s1. The smallest absolute Gasteiger partial charge is 0.170 e. The number of aromatic hydroxyl groups is 4. The maximum absolute atomic E-state index is 13.4. The zero-order valence-electron chi connectivity index (χ0n) is 21.3. The van der Waals surface area contributed by atoms with Gasteiger partial charge in [-0.1, -0.05) is 66.7 Å². The van der Waals surface area contributed by atoms with Gasteiger partial charge in [0.25, 0.3) is 0 Å². The topological polar surface area (TPSA) is 107 Å². The molecule has 0 amide bonds. The van der Waals surface area contributed by atoms with Crippen LogP contribution in [0.25, 0.3) is 6.08 Å². The highest BCUT2D eigenvalue weighted by atomic mass is 16.5. The molecule has 0 aliphatic carbocycles. The molecule has 0 bridgehead atoms. The lowest BCUT2D eigenvalue weighted by atomic mass is 9.82. The molecule has 6 nitrogen and oxygen atoms in total. The monoisotopic (exact) mass is 522 g/mol. The Morgan fingerprint density at radius 3 is 2.21 bits per heavy atom. The third-order valence-corrected chi connectivity index (χ3v) is 7.11. The van der Waals surface area contributed by atoms with Gasteiger partial charge in [-0.05, 0) is 60.2 Å². The summed E-state index contributed by atoms with van der Waals surface area (Å²) in [6.07, 6.45) is 5.21. The summed E-state index contributed by atoms with van der Waals surface area (Å²) in [6, 6.07) is 24.5. The summed E-state index contributed by atoms with van der Waals surface area (Å²) in [7, 11) is 0. The average molecular weight is 523 g/mol. The number of ether oxygens (including phenoxy) is 1. The molecule has 4 aromatic rings. The molecule has 2 atom stereocenters. The molecule has 0 saturated heterocycles. The molecule has 198 valence electrons. The van der Waals surface area contributed by atoms with Crippen molar-refractivity contribution in [2.75, 3.05) is 0 Å². The third kappa shape index (κ3) is 5.91. The number of carbonyl (C=O) groups is 1. The molecule has 0 radical (unpaired) electrons. The van der Waals surface area contributed by atoms with Crippen molar-refractivity contribution in [2.24, 2.45) is 5.92 Å². The summed E-state index contributed by atoms with van der Waals surface area (Å²) in [6.45, 7) is 0. The minimum Gasteiger partial charge on any atom is -0.508 e. The Labute approximate surface area is 227 Å². The van der Waals surface area contributed by atoms with Gasteiger partial charge >= 0.3 is 0 Å². The van der Waals surface area contributed by atoms with Crippen LogP contribution in [0.3, 0.4) is 0 Å². The number of aryl methyl sites for hydroxylation is 1. The van der Waals surface area contributed by atoms with Crippen LogP contribution in [-0.2, 0) is 12.8 Å². The highest BCUT2D eigenvalue weighted by Gasteiger charge is 2.36. The van der Waals surface area contributed by atoms with Crippen molar-refractivity contribution in [1.29, 1.82) is 0 Å². The Bertz CT molecular complexity index is 1470. The number of benzene rings is 4. The molecule has 4 aromatic carbocycles. The van der Waals surface area contributed by atoms with Gasteiger partial charge in [0, 0.05) is 24.0 Å². The summed E-state index contributed by atoms with van der Waals surface area (Å²) < 4.78 is 6.47. The van der Waals surface area contributed by atoms with Crippen molar-refractivity contribution in [2.45, 2.75) is 31.8 Å². The fraction of sp³-hybridized carbons (Fsp3) is 0.182. The van der Waals surface area contributed by atoms with E-state index in [4.69, 9.17) is 4.74 Å². The quantitative estimate of drug-likeness (QED) is 0.191. The molecule has 39 heavy (non-hydrogen) atoms. The summed E-state index contributed by atoms with van der Waals surface area (Å²) in [5.74, 6) is -0.239. The molecule has 1 heterocycles. The van der Waals surface area contributed by atoms with Crippen molar-refractivity contribution in [3.05, 3.63) is 119 Å². The molecule has 4 N–H and O–H groups in total. The second kappa shape index (κ2) is 11.4. The number of carbonyl (C=O) groups excluding carboxylic acids is 1. The van der Waals surface area contributed by atoms with E-state index < -0.39 is 6.10 Å². The van der Waals surface area contributed by atoms with Crippen molar-refractivity contribution in [1.82, 2.24) is 0 Å². The van der Waals surface area contributed by atoms with Crippen LogP contribution >= 0.6 is 0 Å². The molecular weight excluding hydrogens is 492 g/mol. The fourth-order valence-corrected chi connectivity index (χ4v) is 5.06. The highest BCUT2D eigenvalue weighted by Crippen LogP contribution is 2.48. The van der Waals surface area contributed by atoms with E-state index in [-0.39, 0.29) is 52.4 Å². The lowest BCUT2D eigenvalue weighted by molar-refractivity contribution is 0.0933. The van der Waals surface area contributed by atoms with Gasteiger partial charge < -0.3 is 25.2 Å². The zero-order valence-corrected chi connectivity index (χ0v) is 21.3. The van der Waals surface area contributed by atoms with Gasteiger partial charge in [-0.2, -0.15) is 0 Å². The van der Waals surface area contributed by atoms with Gasteiger partial charge in [0.2, 0.25) is 0 Å². The molecule has 0 fully saturated rings. The van der Waals surface area contributed by atoms with E-state index in [1.807, 2.05) is 54.6 Å². The number of rotatable bonds is 8. The second-order valence-electron chi connectivity index (χ2n) is 9.83. The number of hydrogen-bond acceptors (Lipinski definition) is 6. The van der Waals surface area contributed by atoms with Crippen LogP contribution in [0.1, 0.15) is 51.6 Å². The van der Waals surface area contributed by atoms with Gasteiger partial charge in [-0.15, -0.1) is 0 Å². The first-order valence-electron chi connectivity index (χ1n) is 12.9. The summed E-state index contributed by atoms with van der Waals surface area (Å²) in [4.78, 5) is 13.4. The Morgan fingerprint density at radius 1 is 0.846 bits per heavy atom. The van der Waals surface area contributed by atoms with Crippen molar-refractivity contribution >= 4 is 11.9 Å². The van der Waals surface area contributed by atoms with Gasteiger partial charge in [-0.25, -0.2) is 0 Å². The minimum absolute atomic E-state index is 0.0839. The van der Waals surface area contributed by atoms with Gasteiger partial charge in [-0.3, -0.25) is 4.79 Å². The van der Waals surface area contributed by atoms with Crippen LogP contribution in [0, 0.1) is 5.92 Å². The van der Waals surface area contributed by atoms with E-state index in [1.54, 1.807) is 36.4 Å². The number of phenolic OH excluding ortho intramolecular Hbond substituents is 4. The molecule has 1 aliphatic rings. The number of Topliss-reactive ketones (excluding diaryl/α,β-unsaturated/α-hetero) is 1. The normalized spacial score (nSPS) is 16.5. The lowest BCUT2D eigenvalue weighted by Gasteiger charge is -2.35. The average Bonchev–Trinajstić information content (AvgIpc) is 2.94. The van der Waals surface area contributed by atoms with Crippen LogP contribution < -0.4 is 4.74 Å². The van der Waals surface area contributed by atoms with E-state index >= 15 is 0 Å². The Kier molecular flexibility index (Phi) is 7.55. The van der Waals surface area contributed by atoms with Crippen LogP contribution in [-0.4, -0.2) is 26.2 Å². The van der Waals surface area contributed by atoms with Crippen LogP contribution in [0.4, 0.5) is 0 Å². The summed E-state index contributed by atoms with van der Waals surface area (Å²) >= 11 is 0. The molecule has 6 heteroatoms. The van der Waals surface area contributed by atoms with E-state index in [0.29, 0.717) is 24.8 Å². The van der Waals surface area contributed by atoms with Gasteiger partial charge in [0.15, 0.2) is 5.78 Å². The van der Waals surface area contributed by atoms with E-state index in [9.17, 15) is 25.2 Å². The van der Waals surface area contributed by atoms with E-state index in [0.717, 1.165) is 16.7 Å². The number of hydrogen-bond donors (Lipinski definition) is 4. The van der Waals surface area contributed by atoms with Crippen molar-refractivity contribution < 1.29 is 30.0 Å². The predicted octanol–water partition coefficient (Wildman–Crippen LogP) is 6.72. The number of fused-ring (bicyclic) bond motifs is 1.